The SMILES string of the molecule is CCC(C)NS(=O)(=O)Cc1cccc(NC2COC3(CCC3)C2)c1. The van der Waals surface area contributed by atoms with Gasteiger partial charge >= 0.3 is 0 Å². The van der Waals surface area contributed by atoms with Crippen LogP contribution in [0.1, 0.15) is 51.5 Å². The van der Waals surface area contributed by atoms with Gasteiger partial charge in [0.05, 0.1) is 24.0 Å². The van der Waals surface area contributed by atoms with Crippen LogP contribution >= 0.6 is 0 Å². The lowest BCUT2D eigenvalue weighted by atomic mass is 9.77. The third-order valence-corrected chi connectivity index (χ3v) is 6.60. The summed E-state index contributed by atoms with van der Waals surface area (Å²) < 4.78 is 33.1. The van der Waals surface area contributed by atoms with E-state index >= 15 is 0 Å². The molecule has 1 aromatic rings. The maximum atomic E-state index is 12.2. The predicted octanol–water partition coefficient (Wildman–Crippen LogP) is 3.03. The van der Waals surface area contributed by atoms with Gasteiger partial charge in [0.25, 0.3) is 0 Å². The zero-order chi connectivity index (χ0) is 17.2. The van der Waals surface area contributed by atoms with Crippen molar-refractivity contribution < 1.29 is 13.2 Å². The van der Waals surface area contributed by atoms with Gasteiger partial charge in [0.2, 0.25) is 10.0 Å². The average Bonchev–Trinajstić information content (AvgIpc) is 2.91. The number of anilines is 1. The molecule has 1 spiro atoms. The Hall–Kier alpha value is -1.11. The Bertz CT molecular complexity index is 671. The number of hydrogen-bond donors (Lipinski definition) is 2. The molecular weight excluding hydrogens is 324 g/mol. The van der Waals surface area contributed by atoms with Crippen LogP contribution < -0.4 is 10.0 Å². The lowest BCUT2D eigenvalue weighted by Gasteiger charge is -2.37. The summed E-state index contributed by atoms with van der Waals surface area (Å²) in [5, 5.41) is 3.50. The van der Waals surface area contributed by atoms with Crippen molar-refractivity contribution in [3.8, 4) is 0 Å². The molecule has 3 rings (SSSR count). The molecule has 2 atom stereocenters. The van der Waals surface area contributed by atoms with Crippen LogP contribution in [-0.2, 0) is 20.5 Å². The Balaban J connectivity index is 1.60. The van der Waals surface area contributed by atoms with E-state index in [1.54, 1.807) is 0 Å². The fourth-order valence-corrected chi connectivity index (χ4v) is 4.98. The predicted molar refractivity (Wildman–Crippen MR) is 96.5 cm³/mol. The summed E-state index contributed by atoms with van der Waals surface area (Å²) in [6.45, 7) is 4.58. The molecule has 24 heavy (non-hydrogen) atoms. The Morgan fingerprint density at radius 2 is 2.17 bits per heavy atom. The van der Waals surface area contributed by atoms with E-state index in [1.807, 2.05) is 38.1 Å². The number of nitrogens with one attached hydrogen (secondary N) is 2. The van der Waals surface area contributed by atoms with Gasteiger partial charge in [-0.3, -0.25) is 0 Å². The van der Waals surface area contributed by atoms with Crippen molar-refractivity contribution in [2.45, 2.75) is 69.4 Å². The minimum atomic E-state index is -3.31. The van der Waals surface area contributed by atoms with Gasteiger partial charge in [-0.25, -0.2) is 13.1 Å². The van der Waals surface area contributed by atoms with E-state index in [1.165, 1.54) is 19.3 Å². The third kappa shape index (κ3) is 4.29. The minimum Gasteiger partial charge on any atom is -0.380 e. The van der Waals surface area contributed by atoms with Crippen LogP contribution in [0.2, 0.25) is 0 Å². The quantitative estimate of drug-likeness (QED) is 0.791. The number of rotatable bonds is 7. The first kappa shape index (κ1) is 17.7. The minimum absolute atomic E-state index is 0.0119. The first-order chi connectivity index (χ1) is 11.4. The Morgan fingerprint density at radius 3 is 2.79 bits per heavy atom. The van der Waals surface area contributed by atoms with E-state index in [0.29, 0.717) is 6.04 Å². The molecule has 0 amide bonds. The van der Waals surface area contributed by atoms with Crippen LogP contribution in [0.4, 0.5) is 5.69 Å². The summed E-state index contributed by atoms with van der Waals surface area (Å²) >= 11 is 0. The molecular formula is C18H28N2O3S. The number of ether oxygens (including phenoxy) is 1. The highest BCUT2D eigenvalue weighted by atomic mass is 32.2. The summed E-state index contributed by atoms with van der Waals surface area (Å²) in [6.07, 6.45) is 5.44. The molecule has 1 saturated heterocycles. The van der Waals surface area contributed by atoms with Crippen molar-refractivity contribution in [1.82, 2.24) is 4.72 Å². The molecule has 0 aromatic heterocycles. The molecule has 2 aliphatic rings. The van der Waals surface area contributed by atoms with Gasteiger partial charge in [-0.1, -0.05) is 19.1 Å². The van der Waals surface area contributed by atoms with Gasteiger partial charge in [0, 0.05) is 11.7 Å². The first-order valence-electron chi connectivity index (χ1n) is 8.89. The second-order valence-corrected chi connectivity index (χ2v) is 9.03. The summed E-state index contributed by atoms with van der Waals surface area (Å²) in [5.74, 6) is 0.0119. The van der Waals surface area contributed by atoms with Crippen LogP contribution in [-0.4, -0.2) is 32.7 Å². The molecule has 2 unspecified atom stereocenters. The van der Waals surface area contributed by atoms with Crippen molar-refractivity contribution in [3.05, 3.63) is 29.8 Å². The largest absolute Gasteiger partial charge is 0.380 e. The Labute approximate surface area is 145 Å². The summed E-state index contributed by atoms with van der Waals surface area (Å²) in [6, 6.07) is 7.97. The monoisotopic (exact) mass is 352 g/mol. The average molecular weight is 353 g/mol. The van der Waals surface area contributed by atoms with E-state index in [0.717, 1.165) is 30.7 Å². The van der Waals surface area contributed by atoms with Gasteiger partial charge < -0.3 is 10.1 Å². The smallest absolute Gasteiger partial charge is 0.216 e. The van der Waals surface area contributed by atoms with E-state index in [-0.39, 0.29) is 17.4 Å². The summed E-state index contributed by atoms with van der Waals surface area (Å²) in [7, 11) is -3.31. The van der Waals surface area contributed by atoms with E-state index in [2.05, 4.69) is 10.0 Å². The van der Waals surface area contributed by atoms with Gasteiger partial charge in [-0.15, -0.1) is 0 Å². The van der Waals surface area contributed by atoms with Gasteiger partial charge in [0.1, 0.15) is 0 Å². The summed E-state index contributed by atoms with van der Waals surface area (Å²) in [5.41, 5.74) is 1.89. The highest BCUT2D eigenvalue weighted by Gasteiger charge is 2.44. The normalized spacial score (nSPS) is 23.8. The molecule has 1 aromatic carbocycles. The van der Waals surface area contributed by atoms with Crippen molar-refractivity contribution in [2.75, 3.05) is 11.9 Å². The molecule has 0 bridgehead atoms. The topological polar surface area (TPSA) is 67.4 Å². The van der Waals surface area contributed by atoms with Crippen molar-refractivity contribution >= 4 is 15.7 Å². The maximum absolute atomic E-state index is 12.2. The van der Waals surface area contributed by atoms with E-state index in [9.17, 15) is 8.42 Å². The van der Waals surface area contributed by atoms with E-state index in [4.69, 9.17) is 4.74 Å². The van der Waals surface area contributed by atoms with Crippen LogP contribution in [0.15, 0.2) is 24.3 Å². The van der Waals surface area contributed by atoms with Crippen molar-refractivity contribution in [2.24, 2.45) is 0 Å². The fraction of sp³-hybridized carbons (Fsp3) is 0.667. The lowest BCUT2D eigenvalue weighted by molar-refractivity contribution is -0.0562. The molecule has 2 fully saturated rings. The molecule has 5 nitrogen and oxygen atoms in total. The molecule has 134 valence electrons. The zero-order valence-electron chi connectivity index (χ0n) is 14.5. The van der Waals surface area contributed by atoms with Gasteiger partial charge in [-0.05, 0) is 56.7 Å². The highest BCUT2D eigenvalue weighted by molar-refractivity contribution is 7.88. The van der Waals surface area contributed by atoms with Gasteiger partial charge in [-0.2, -0.15) is 0 Å². The number of hydrogen-bond acceptors (Lipinski definition) is 4. The maximum Gasteiger partial charge on any atom is 0.216 e. The lowest BCUT2D eigenvalue weighted by Crippen LogP contribution is -2.36. The molecule has 1 aliphatic heterocycles. The molecule has 2 N–H and O–H groups in total. The highest BCUT2D eigenvalue weighted by Crippen LogP contribution is 2.43. The van der Waals surface area contributed by atoms with Crippen LogP contribution in [0.3, 0.4) is 0 Å². The Morgan fingerprint density at radius 1 is 1.38 bits per heavy atom. The standard InChI is InChI=1S/C18H28N2O3S/c1-3-14(2)20-24(21,22)13-15-6-4-7-16(10-15)19-17-11-18(23-12-17)8-5-9-18/h4,6-7,10,14,17,19-20H,3,5,8-9,11-13H2,1-2H3. The van der Waals surface area contributed by atoms with Crippen molar-refractivity contribution in [3.63, 3.8) is 0 Å². The molecule has 1 saturated carbocycles. The number of benzene rings is 1. The summed E-state index contributed by atoms with van der Waals surface area (Å²) in [4.78, 5) is 0. The molecule has 1 aliphatic carbocycles. The van der Waals surface area contributed by atoms with E-state index < -0.39 is 10.0 Å². The van der Waals surface area contributed by atoms with Crippen LogP contribution in [0.5, 0.6) is 0 Å². The number of sulfonamides is 1. The molecule has 6 heteroatoms. The zero-order valence-corrected chi connectivity index (χ0v) is 15.4. The van der Waals surface area contributed by atoms with Crippen LogP contribution in [0, 0.1) is 0 Å². The second kappa shape index (κ2) is 7.02. The van der Waals surface area contributed by atoms with Crippen molar-refractivity contribution in [1.29, 1.82) is 0 Å². The van der Waals surface area contributed by atoms with Gasteiger partial charge in [0.15, 0.2) is 0 Å². The first-order valence-corrected chi connectivity index (χ1v) is 10.5. The molecule has 1 heterocycles. The fourth-order valence-electron chi connectivity index (χ4n) is 3.49. The third-order valence-electron chi connectivity index (χ3n) is 5.12. The second-order valence-electron chi connectivity index (χ2n) is 7.28. The van der Waals surface area contributed by atoms with Crippen LogP contribution in [0.25, 0.3) is 0 Å². The molecule has 0 radical (unpaired) electrons. The Kier molecular flexibility index (Phi) is 5.18.